The van der Waals surface area contributed by atoms with Crippen LogP contribution in [0.5, 0.6) is 0 Å². The average Bonchev–Trinajstić information content (AvgIpc) is 3.17. The lowest BCUT2D eigenvalue weighted by atomic mass is 10.2. The highest BCUT2D eigenvalue weighted by Crippen LogP contribution is 2.28. The summed E-state index contributed by atoms with van der Waals surface area (Å²) in [4.78, 5) is 40.0. The Morgan fingerprint density at radius 1 is 1.17 bits per heavy atom. The van der Waals surface area contributed by atoms with Gasteiger partial charge in [0.15, 0.2) is 5.13 Å². The first kappa shape index (κ1) is 19.8. The number of amides is 2. The van der Waals surface area contributed by atoms with Gasteiger partial charge in [0.2, 0.25) is 5.91 Å². The summed E-state index contributed by atoms with van der Waals surface area (Å²) in [7, 11) is 0. The topological polar surface area (TPSA) is 118 Å². The lowest BCUT2D eigenvalue weighted by Gasteiger charge is -2.17. The SMILES string of the molecule is CC(=O)N(c1ccccc1)c1nc(/C=N\NC(=O)c2ccc([N+](=O)[O-])cc2)cs1. The number of carbonyl (C=O) groups is 2. The van der Waals surface area contributed by atoms with Crippen molar-refractivity contribution in [1.29, 1.82) is 0 Å². The average molecular weight is 409 g/mol. The van der Waals surface area contributed by atoms with Gasteiger partial charge in [-0.15, -0.1) is 11.3 Å². The third-order valence-corrected chi connectivity index (χ3v) is 4.58. The Hall–Kier alpha value is -3.92. The summed E-state index contributed by atoms with van der Waals surface area (Å²) >= 11 is 1.27. The summed E-state index contributed by atoms with van der Waals surface area (Å²) < 4.78 is 0. The first-order valence-corrected chi connectivity index (χ1v) is 9.23. The van der Waals surface area contributed by atoms with E-state index < -0.39 is 10.8 Å². The molecule has 10 heteroatoms. The smallest absolute Gasteiger partial charge is 0.271 e. The van der Waals surface area contributed by atoms with Crippen LogP contribution in [0.15, 0.2) is 65.1 Å². The van der Waals surface area contributed by atoms with E-state index in [1.807, 2.05) is 18.2 Å². The van der Waals surface area contributed by atoms with Gasteiger partial charge in [-0.1, -0.05) is 18.2 Å². The third kappa shape index (κ3) is 4.87. The molecular formula is C19H15N5O4S. The number of rotatable bonds is 6. The van der Waals surface area contributed by atoms with Crippen LogP contribution in [0.4, 0.5) is 16.5 Å². The zero-order valence-electron chi connectivity index (χ0n) is 15.2. The highest BCUT2D eigenvalue weighted by Gasteiger charge is 2.17. The number of thiazole rings is 1. The second-order valence-electron chi connectivity index (χ2n) is 5.75. The van der Waals surface area contributed by atoms with Gasteiger partial charge in [-0.3, -0.25) is 24.6 Å². The lowest BCUT2D eigenvalue weighted by molar-refractivity contribution is -0.384. The number of hydrogen-bond donors (Lipinski definition) is 1. The van der Waals surface area contributed by atoms with Gasteiger partial charge >= 0.3 is 0 Å². The van der Waals surface area contributed by atoms with Gasteiger partial charge in [0.05, 0.1) is 22.5 Å². The molecule has 146 valence electrons. The standard InChI is InChI=1S/C19H15N5O4S/c1-13(25)23(16-5-3-2-4-6-16)19-21-15(12-29-19)11-20-22-18(26)14-7-9-17(10-8-14)24(27)28/h2-12H,1H3,(H,22,26)/b20-11-. The number of nitrogens with zero attached hydrogens (tertiary/aromatic N) is 4. The number of anilines is 2. The molecule has 2 aromatic carbocycles. The molecule has 9 nitrogen and oxygen atoms in total. The van der Waals surface area contributed by atoms with Gasteiger partial charge in [0.1, 0.15) is 0 Å². The Kier molecular flexibility index (Phi) is 6.05. The predicted molar refractivity (Wildman–Crippen MR) is 110 cm³/mol. The number of benzene rings is 2. The summed E-state index contributed by atoms with van der Waals surface area (Å²) in [5, 5.41) is 16.7. The molecule has 0 radical (unpaired) electrons. The molecule has 0 bridgehead atoms. The van der Waals surface area contributed by atoms with Gasteiger partial charge in [-0.05, 0) is 24.3 Å². The molecule has 1 heterocycles. The second-order valence-corrected chi connectivity index (χ2v) is 6.58. The molecule has 1 aromatic heterocycles. The molecule has 0 atom stereocenters. The minimum Gasteiger partial charge on any atom is -0.274 e. The van der Waals surface area contributed by atoms with Crippen molar-refractivity contribution in [2.45, 2.75) is 6.92 Å². The summed E-state index contributed by atoms with van der Waals surface area (Å²) in [6.07, 6.45) is 1.35. The highest BCUT2D eigenvalue weighted by atomic mass is 32.1. The predicted octanol–water partition coefficient (Wildman–Crippen LogP) is 3.50. The van der Waals surface area contributed by atoms with Crippen LogP contribution in [0, 0.1) is 10.1 Å². The molecule has 0 saturated carbocycles. The van der Waals surface area contributed by atoms with Crippen LogP contribution in [0.1, 0.15) is 23.0 Å². The van der Waals surface area contributed by atoms with Gasteiger partial charge in [-0.2, -0.15) is 5.10 Å². The van der Waals surface area contributed by atoms with Crippen molar-refractivity contribution in [3.05, 3.63) is 81.3 Å². The van der Waals surface area contributed by atoms with E-state index in [9.17, 15) is 19.7 Å². The van der Waals surface area contributed by atoms with E-state index in [2.05, 4.69) is 15.5 Å². The molecule has 0 unspecified atom stereocenters. The van der Waals surface area contributed by atoms with Gasteiger partial charge in [0, 0.05) is 30.0 Å². The molecular weight excluding hydrogens is 394 g/mol. The van der Waals surface area contributed by atoms with E-state index in [4.69, 9.17) is 0 Å². The highest BCUT2D eigenvalue weighted by molar-refractivity contribution is 7.14. The molecule has 1 N–H and O–H groups in total. The summed E-state index contributed by atoms with van der Waals surface area (Å²) in [5.74, 6) is -0.693. The van der Waals surface area contributed by atoms with Crippen LogP contribution >= 0.6 is 11.3 Å². The second kappa shape index (κ2) is 8.85. The normalized spacial score (nSPS) is 10.7. The Morgan fingerprint density at radius 2 is 1.86 bits per heavy atom. The number of hydrazone groups is 1. The van der Waals surface area contributed by atoms with Crippen molar-refractivity contribution in [3.63, 3.8) is 0 Å². The maximum absolute atomic E-state index is 12.0. The largest absolute Gasteiger partial charge is 0.274 e. The van der Waals surface area contributed by atoms with Crippen LogP contribution in [0.3, 0.4) is 0 Å². The minimum atomic E-state index is -0.542. The number of nitrogens with one attached hydrogen (secondary N) is 1. The van der Waals surface area contributed by atoms with E-state index in [1.165, 1.54) is 53.6 Å². The van der Waals surface area contributed by atoms with Crippen LogP contribution < -0.4 is 10.3 Å². The Morgan fingerprint density at radius 3 is 2.48 bits per heavy atom. The quantitative estimate of drug-likeness (QED) is 0.380. The first-order chi connectivity index (χ1) is 14.0. The van der Waals surface area contributed by atoms with E-state index in [1.54, 1.807) is 17.5 Å². The number of aromatic nitrogens is 1. The third-order valence-electron chi connectivity index (χ3n) is 3.73. The van der Waals surface area contributed by atoms with Gasteiger partial charge in [-0.25, -0.2) is 10.4 Å². The van der Waals surface area contributed by atoms with Crippen molar-refractivity contribution in [2.24, 2.45) is 5.10 Å². The number of non-ortho nitro benzene ring substituents is 1. The van der Waals surface area contributed by atoms with Gasteiger partial charge < -0.3 is 0 Å². The van der Waals surface area contributed by atoms with E-state index in [-0.39, 0.29) is 17.2 Å². The summed E-state index contributed by atoms with van der Waals surface area (Å²) in [5.41, 5.74) is 3.63. The minimum absolute atomic E-state index is 0.103. The number of para-hydroxylation sites is 1. The fourth-order valence-corrected chi connectivity index (χ4v) is 3.24. The molecule has 0 aliphatic heterocycles. The van der Waals surface area contributed by atoms with Gasteiger partial charge in [0.25, 0.3) is 11.6 Å². The fourth-order valence-electron chi connectivity index (χ4n) is 2.40. The van der Waals surface area contributed by atoms with Crippen LogP contribution in [0.2, 0.25) is 0 Å². The maximum Gasteiger partial charge on any atom is 0.271 e. The first-order valence-electron chi connectivity index (χ1n) is 8.35. The van der Waals surface area contributed by atoms with Crippen LogP contribution in [-0.2, 0) is 4.79 Å². The Balaban J connectivity index is 1.67. The van der Waals surface area contributed by atoms with Crippen LogP contribution in [-0.4, -0.2) is 27.9 Å². The van der Waals surface area contributed by atoms with Crippen molar-refractivity contribution in [2.75, 3.05) is 4.90 Å². The lowest BCUT2D eigenvalue weighted by Crippen LogP contribution is -2.22. The van der Waals surface area contributed by atoms with E-state index in [0.29, 0.717) is 16.5 Å². The zero-order chi connectivity index (χ0) is 20.8. The number of hydrogen-bond acceptors (Lipinski definition) is 7. The molecule has 0 aliphatic rings. The molecule has 0 spiro atoms. The summed E-state index contributed by atoms with van der Waals surface area (Å²) in [6, 6.07) is 14.3. The Bertz CT molecular complexity index is 1060. The Labute approximate surface area is 169 Å². The summed E-state index contributed by atoms with van der Waals surface area (Å²) in [6.45, 7) is 1.45. The maximum atomic E-state index is 12.0. The zero-order valence-corrected chi connectivity index (χ0v) is 16.0. The molecule has 3 rings (SSSR count). The number of nitro groups is 1. The fraction of sp³-hybridized carbons (Fsp3) is 0.0526. The van der Waals surface area contributed by atoms with Crippen molar-refractivity contribution >= 4 is 45.9 Å². The molecule has 0 aliphatic carbocycles. The monoisotopic (exact) mass is 409 g/mol. The molecule has 3 aromatic rings. The molecule has 2 amide bonds. The van der Waals surface area contributed by atoms with E-state index in [0.717, 1.165) is 0 Å². The number of carbonyl (C=O) groups excluding carboxylic acids is 2. The molecule has 0 fully saturated rings. The van der Waals surface area contributed by atoms with E-state index >= 15 is 0 Å². The number of nitro benzene ring substituents is 1. The molecule has 0 saturated heterocycles. The van der Waals surface area contributed by atoms with Crippen LogP contribution in [0.25, 0.3) is 0 Å². The van der Waals surface area contributed by atoms with Crippen molar-refractivity contribution in [3.8, 4) is 0 Å². The van der Waals surface area contributed by atoms with Crippen molar-refractivity contribution < 1.29 is 14.5 Å². The van der Waals surface area contributed by atoms with Crippen molar-refractivity contribution in [1.82, 2.24) is 10.4 Å². The molecule has 29 heavy (non-hydrogen) atoms.